The number of aryl methyl sites for hydroxylation is 1. The van der Waals surface area contributed by atoms with E-state index in [9.17, 15) is 4.79 Å². The molecule has 2 saturated heterocycles. The lowest BCUT2D eigenvalue weighted by atomic mass is 10.0. The van der Waals surface area contributed by atoms with Crippen LogP contribution < -0.4 is 0 Å². The molecule has 1 amide bonds. The van der Waals surface area contributed by atoms with Crippen LogP contribution in [-0.4, -0.2) is 75.2 Å². The highest BCUT2D eigenvalue weighted by Crippen LogP contribution is 2.21. The van der Waals surface area contributed by atoms with E-state index < -0.39 is 0 Å². The summed E-state index contributed by atoms with van der Waals surface area (Å²) >= 11 is 0. The van der Waals surface area contributed by atoms with Crippen molar-refractivity contribution in [3.8, 4) is 0 Å². The number of amides is 1. The molecular weight excluding hydrogens is 290 g/mol. The predicted octanol–water partition coefficient (Wildman–Crippen LogP) is 0.937. The molecule has 128 valence electrons. The fourth-order valence-corrected chi connectivity index (χ4v) is 3.75. The normalized spacial score (nSPS) is 24.6. The molecule has 0 spiro atoms. The van der Waals surface area contributed by atoms with E-state index in [-0.39, 0.29) is 6.04 Å². The van der Waals surface area contributed by atoms with Crippen molar-refractivity contribution < 1.29 is 4.79 Å². The molecule has 1 aromatic rings. The maximum Gasteiger partial charge on any atom is 0.240 e. The lowest BCUT2D eigenvalue weighted by Gasteiger charge is -2.43. The monoisotopic (exact) mass is 319 g/mol. The number of rotatable bonds is 4. The minimum absolute atomic E-state index is 0.102. The first kappa shape index (κ1) is 16.5. The van der Waals surface area contributed by atoms with Crippen molar-refractivity contribution in [2.45, 2.75) is 45.3 Å². The highest BCUT2D eigenvalue weighted by atomic mass is 16.2. The fourth-order valence-electron chi connectivity index (χ4n) is 3.75. The van der Waals surface area contributed by atoms with Crippen LogP contribution in [0.5, 0.6) is 0 Å². The molecule has 0 unspecified atom stereocenters. The van der Waals surface area contributed by atoms with Gasteiger partial charge < -0.3 is 4.90 Å². The van der Waals surface area contributed by atoms with Crippen LogP contribution in [0.25, 0.3) is 0 Å². The van der Waals surface area contributed by atoms with Crippen LogP contribution in [0, 0.1) is 0 Å². The van der Waals surface area contributed by atoms with Crippen LogP contribution in [0.3, 0.4) is 0 Å². The summed E-state index contributed by atoms with van der Waals surface area (Å²) in [6, 6.07) is 2.50. The number of carbonyl (C=O) groups excluding carboxylic acids is 1. The Bertz CT molecular complexity index is 533. The summed E-state index contributed by atoms with van der Waals surface area (Å²) < 4.78 is 1.94. The number of piperazine rings is 1. The zero-order chi connectivity index (χ0) is 16.4. The van der Waals surface area contributed by atoms with Crippen molar-refractivity contribution in [1.82, 2.24) is 24.5 Å². The summed E-state index contributed by atoms with van der Waals surface area (Å²) in [6.07, 6.45) is 4.00. The van der Waals surface area contributed by atoms with E-state index in [0.29, 0.717) is 11.9 Å². The van der Waals surface area contributed by atoms with Gasteiger partial charge in [-0.15, -0.1) is 0 Å². The average Bonchev–Trinajstić information content (AvgIpc) is 2.93. The number of piperidine rings is 1. The van der Waals surface area contributed by atoms with Gasteiger partial charge in [0, 0.05) is 58.6 Å². The molecule has 3 heterocycles. The summed E-state index contributed by atoms with van der Waals surface area (Å²) in [5.41, 5.74) is 1.25. The van der Waals surface area contributed by atoms with E-state index in [1.165, 1.54) is 5.69 Å². The van der Waals surface area contributed by atoms with Crippen molar-refractivity contribution in [2.24, 2.45) is 7.05 Å². The van der Waals surface area contributed by atoms with Crippen molar-refractivity contribution in [3.63, 3.8) is 0 Å². The third kappa shape index (κ3) is 3.58. The smallest absolute Gasteiger partial charge is 0.240 e. The lowest BCUT2D eigenvalue weighted by Crippen LogP contribution is -2.58. The standard InChI is InChI=1S/C17H29N5O/c1-14(2)22-8-4-5-16(17(22)23)21-11-9-20(10-12-21)13-15-6-7-18-19(15)3/h6-7,14,16H,4-5,8-13H2,1-3H3/t16-/m1/s1. The summed E-state index contributed by atoms with van der Waals surface area (Å²) in [5.74, 6) is 0.339. The third-order valence-corrected chi connectivity index (χ3v) is 5.22. The summed E-state index contributed by atoms with van der Waals surface area (Å²) in [4.78, 5) is 19.6. The zero-order valence-corrected chi connectivity index (χ0v) is 14.6. The average molecular weight is 319 g/mol. The maximum atomic E-state index is 12.7. The molecule has 0 aliphatic carbocycles. The van der Waals surface area contributed by atoms with E-state index in [1.807, 2.05) is 17.9 Å². The second kappa shape index (κ2) is 7.01. The van der Waals surface area contributed by atoms with E-state index in [2.05, 4.69) is 39.7 Å². The molecule has 0 bridgehead atoms. The summed E-state index contributed by atoms with van der Waals surface area (Å²) in [6.45, 7) is 10.1. The Hall–Kier alpha value is -1.40. The number of aromatic nitrogens is 2. The molecule has 6 nitrogen and oxygen atoms in total. The third-order valence-electron chi connectivity index (χ3n) is 5.22. The quantitative estimate of drug-likeness (QED) is 0.828. The van der Waals surface area contributed by atoms with Crippen LogP contribution in [0.15, 0.2) is 12.3 Å². The Morgan fingerprint density at radius 2 is 1.96 bits per heavy atom. The first-order valence-electron chi connectivity index (χ1n) is 8.80. The van der Waals surface area contributed by atoms with Crippen LogP contribution in [0.2, 0.25) is 0 Å². The Kier molecular flexibility index (Phi) is 5.02. The van der Waals surface area contributed by atoms with Crippen LogP contribution in [0.4, 0.5) is 0 Å². The molecule has 6 heteroatoms. The molecule has 2 fully saturated rings. The maximum absolute atomic E-state index is 12.7. The van der Waals surface area contributed by atoms with Gasteiger partial charge >= 0.3 is 0 Å². The van der Waals surface area contributed by atoms with Crippen LogP contribution in [-0.2, 0) is 18.4 Å². The highest BCUT2D eigenvalue weighted by Gasteiger charge is 2.35. The molecule has 3 rings (SSSR count). The number of hydrogen-bond acceptors (Lipinski definition) is 4. The number of likely N-dealkylation sites (tertiary alicyclic amines) is 1. The molecule has 2 aliphatic heterocycles. The van der Waals surface area contributed by atoms with E-state index in [1.54, 1.807) is 0 Å². The van der Waals surface area contributed by atoms with Gasteiger partial charge in [-0.1, -0.05) is 0 Å². The largest absolute Gasteiger partial charge is 0.339 e. The van der Waals surface area contributed by atoms with Crippen molar-refractivity contribution in [1.29, 1.82) is 0 Å². The number of carbonyl (C=O) groups is 1. The molecule has 0 saturated carbocycles. The predicted molar refractivity (Wildman–Crippen MR) is 89.9 cm³/mol. The van der Waals surface area contributed by atoms with Gasteiger partial charge in [0.1, 0.15) is 0 Å². The first-order chi connectivity index (χ1) is 11.1. The van der Waals surface area contributed by atoms with Gasteiger partial charge in [0.2, 0.25) is 5.91 Å². The SMILES string of the molecule is CC(C)N1CCC[C@@H](N2CCN(Cc3ccnn3C)CC2)C1=O. The molecule has 0 N–H and O–H groups in total. The van der Waals surface area contributed by atoms with Gasteiger partial charge in [-0.2, -0.15) is 5.10 Å². The van der Waals surface area contributed by atoms with Gasteiger partial charge in [-0.05, 0) is 32.8 Å². The van der Waals surface area contributed by atoms with Crippen LogP contribution >= 0.6 is 0 Å². The number of hydrogen-bond donors (Lipinski definition) is 0. The van der Waals surface area contributed by atoms with E-state index >= 15 is 0 Å². The molecule has 1 aromatic heterocycles. The van der Waals surface area contributed by atoms with Crippen molar-refractivity contribution in [2.75, 3.05) is 32.7 Å². The van der Waals surface area contributed by atoms with Crippen molar-refractivity contribution in [3.05, 3.63) is 18.0 Å². The highest BCUT2D eigenvalue weighted by molar-refractivity contribution is 5.82. The number of nitrogens with zero attached hydrogens (tertiary/aromatic N) is 5. The first-order valence-corrected chi connectivity index (χ1v) is 8.80. The van der Waals surface area contributed by atoms with Gasteiger partial charge in [-0.3, -0.25) is 19.3 Å². The second-order valence-corrected chi connectivity index (χ2v) is 7.04. The van der Waals surface area contributed by atoms with Gasteiger partial charge in [0.25, 0.3) is 0 Å². The Labute approximate surface area is 139 Å². The minimum Gasteiger partial charge on any atom is -0.339 e. The van der Waals surface area contributed by atoms with Crippen LogP contribution in [0.1, 0.15) is 32.4 Å². The van der Waals surface area contributed by atoms with Gasteiger partial charge in [0.05, 0.1) is 11.7 Å². The Balaban J connectivity index is 1.54. The Morgan fingerprint density at radius 3 is 2.57 bits per heavy atom. The van der Waals surface area contributed by atoms with E-state index in [0.717, 1.165) is 52.1 Å². The summed E-state index contributed by atoms with van der Waals surface area (Å²) in [7, 11) is 1.99. The Morgan fingerprint density at radius 1 is 1.22 bits per heavy atom. The minimum atomic E-state index is 0.102. The fraction of sp³-hybridized carbons (Fsp3) is 0.765. The van der Waals surface area contributed by atoms with Gasteiger partial charge in [-0.25, -0.2) is 0 Å². The molecule has 2 aliphatic rings. The molecule has 0 aromatic carbocycles. The van der Waals surface area contributed by atoms with E-state index in [4.69, 9.17) is 0 Å². The molecular formula is C17H29N5O. The van der Waals surface area contributed by atoms with Gasteiger partial charge in [0.15, 0.2) is 0 Å². The summed E-state index contributed by atoms with van der Waals surface area (Å²) in [5, 5.41) is 4.23. The molecule has 23 heavy (non-hydrogen) atoms. The second-order valence-electron chi connectivity index (χ2n) is 7.04. The van der Waals surface area contributed by atoms with Crippen molar-refractivity contribution >= 4 is 5.91 Å². The molecule has 1 atom stereocenters. The topological polar surface area (TPSA) is 44.6 Å². The zero-order valence-electron chi connectivity index (χ0n) is 14.6. The molecule has 0 radical (unpaired) electrons. The lowest BCUT2D eigenvalue weighted by molar-refractivity contribution is -0.143.